The standard InChI is InChI=1S/C11H11FS2/c1-3-7-6-8-4-5-14-11(8)9(12)10(7)13-2/h4-6H,3H2,1-2H3. The number of benzene rings is 1. The maximum absolute atomic E-state index is 13.9. The lowest BCUT2D eigenvalue weighted by molar-refractivity contribution is 0.612. The highest BCUT2D eigenvalue weighted by Gasteiger charge is 2.12. The zero-order valence-electron chi connectivity index (χ0n) is 8.13. The fourth-order valence-corrected chi connectivity index (χ4v) is 3.22. The van der Waals surface area contributed by atoms with Crippen molar-refractivity contribution in [3.8, 4) is 0 Å². The first-order valence-electron chi connectivity index (χ1n) is 4.50. The number of rotatable bonds is 2. The normalized spacial score (nSPS) is 11.1. The summed E-state index contributed by atoms with van der Waals surface area (Å²) in [6.45, 7) is 2.06. The van der Waals surface area contributed by atoms with Crippen LogP contribution in [0.15, 0.2) is 22.4 Å². The van der Waals surface area contributed by atoms with E-state index in [0.29, 0.717) is 0 Å². The topological polar surface area (TPSA) is 0 Å². The predicted octanol–water partition coefficient (Wildman–Crippen LogP) is 4.32. The third kappa shape index (κ3) is 1.44. The van der Waals surface area contributed by atoms with E-state index in [1.807, 2.05) is 17.7 Å². The Balaban J connectivity index is 2.79. The second-order valence-electron chi connectivity index (χ2n) is 3.08. The molecule has 0 radical (unpaired) electrons. The smallest absolute Gasteiger partial charge is 0.154 e. The molecule has 3 heteroatoms. The fourth-order valence-electron chi connectivity index (χ4n) is 1.59. The first-order chi connectivity index (χ1) is 6.77. The SMILES string of the molecule is CCc1cc2ccsc2c(F)c1SC. The van der Waals surface area contributed by atoms with E-state index < -0.39 is 0 Å². The summed E-state index contributed by atoms with van der Waals surface area (Å²) < 4.78 is 14.7. The van der Waals surface area contributed by atoms with E-state index >= 15 is 0 Å². The molecule has 1 aromatic heterocycles. The van der Waals surface area contributed by atoms with Crippen LogP contribution in [0.3, 0.4) is 0 Å². The minimum atomic E-state index is -0.0400. The number of hydrogen-bond donors (Lipinski definition) is 0. The molecule has 2 aromatic rings. The molecule has 1 aromatic carbocycles. The third-order valence-electron chi connectivity index (χ3n) is 2.30. The summed E-state index contributed by atoms with van der Waals surface area (Å²) in [4.78, 5) is 0.808. The van der Waals surface area contributed by atoms with Gasteiger partial charge in [-0.05, 0) is 41.1 Å². The molecule has 0 aliphatic rings. The summed E-state index contributed by atoms with van der Waals surface area (Å²) >= 11 is 2.97. The van der Waals surface area contributed by atoms with E-state index in [1.165, 1.54) is 23.1 Å². The van der Waals surface area contributed by atoms with Crippen molar-refractivity contribution >= 4 is 33.2 Å². The Kier molecular flexibility index (Phi) is 2.79. The largest absolute Gasteiger partial charge is 0.204 e. The van der Waals surface area contributed by atoms with Crippen molar-refractivity contribution in [1.29, 1.82) is 0 Å². The molecule has 0 amide bonds. The van der Waals surface area contributed by atoms with Crippen LogP contribution in [0, 0.1) is 5.82 Å². The van der Waals surface area contributed by atoms with Crippen molar-refractivity contribution in [3.05, 3.63) is 28.9 Å². The number of halogens is 1. The van der Waals surface area contributed by atoms with Gasteiger partial charge in [0, 0.05) is 4.90 Å². The van der Waals surface area contributed by atoms with Crippen LogP contribution in [0.1, 0.15) is 12.5 Å². The van der Waals surface area contributed by atoms with E-state index in [2.05, 4.69) is 13.0 Å². The molecule has 0 aliphatic carbocycles. The number of hydrogen-bond acceptors (Lipinski definition) is 2. The van der Waals surface area contributed by atoms with Gasteiger partial charge in [-0.15, -0.1) is 23.1 Å². The quantitative estimate of drug-likeness (QED) is 0.687. The van der Waals surface area contributed by atoms with E-state index in [9.17, 15) is 4.39 Å². The summed E-state index contributed by atoms with van der Waals surface area (Å²) in [5.74, 6) is -0.0400. The molecule has 0 unspecified atom stereocenters. The van der Waals surface area contributed by atoms with Crippen LogP contribution in [0.4, 0.5) is 4.39 Å². The Morgan fingerprint density at radius 1 is 1.50 bits per heavy atom. The highest BCUT2D eigenvalue weighted by Crippen LogP contribution is 2.33. The predicted molar refractivity (Wildman–Crippen MR) is 62.9 cm³/mol. The van der Waals surface area contributed by atoms with Crippen LogP contribution in [-0.4, -0.2) is 6.26 Å². The van der Waals surface area contributed by atoms with Gasteiger partial charge in [-0.1, -0.05) is 6.92 Å². The Labute approximate surface area is 91.1 Å². The van der Waals surface area contributed by atoms with Crippen molar-refractivity contribution in [2.75, 3.05) is 6.26 Å². The Bertz CT molecular complexity index is 460. The highest BCUT2D eigenvalue weighted by molar-refractivity contribution is 7.98. The van der Waals surface area contributed by atoms with Gasteiger partial charge in [0.05, 0.1) is 4.70 Å². The zero-order chi connectivity index (χ0) is 10.1. The van der Waals surface area contributed by atoms with Gasteiger partial charge in [0.15, 0.2) is 5.82 Å². The van der Waals surface area contributed by atoms with Crippen LogP contribution in [0.2, 0.25) is 0 Å². The number of thiophene rings is 1. The highest BCUT2D eigenvalue weighted by atomic mass is 32.2. The molecule has 1 heterocycles. The Morgan fingerprint density at radius 3 is 2.93 bits per heavy atom. The molecule has 0 spiro atoms. The van der Waals surface area contributed by atoms with Crippen molar-refractivity contribution in [2.45, 2.75) is 18.2 Å². The lowest BCUT2D eigenvalue weighted by Gasteiger charge is -2.07. The number of thioether (sulfide) groups is 1. The van der Waals surface area contributed by atoms with Gasteiger partial charge in [-0.25, -0.2) is 4.39 Å². The molecular weight excluding hydrogens is 215 g/mol. The second kappa shape index (κ2) is 3.91. The lowest BCUT2D eigenvalue weighted by atomic mass is 10.1. The first kappa shape index (κ1) is 9.99. The van der Waals surface area contributed by atoms with Crippen molar-refractivity contribution in [1.82, 2.24) is 0 Å². The molecule has 0 bridgehead atoms. The summed E-state index contributed by atoms with van der Waals surface area (Å²) in [5.41, 5.74) is 1.11. The molecule has 0 saturated carbocycles. The van der Waals surface area contributed by atoms with Crippen LogP contribution >= 0.6 is 23.1 Å². The molecule has 14 heavy (non-hydrogen) atoms. The third-order valence-corrected chi connectivity index (χ3v) is 4.07. The van der Waals surface area contributed by atoms with Crippen LogP contribution in [0.5, 0.6) is 0 Å². The lowest BCUT2D eigenvalue weighted by Crippen LogP contribution is -1.89. The van der Waals surface area contributed by atoms with Gasteiger partial charge in [0.2, 0.25) is 0 Å². The van der Waals surface area contributed by atoms with Crippen molar-refractivity contribution in [3.63, 3.8) is 0 Å². The average Bonchev–Trinajstić information content (AvgIpc) is 2.65. The van der Waals surface area contributed by atoms with Gasteiger partial charge in [0.1, 0.15) is 0 Å². The first-order valence-corrected chi connectivity index (χ1v) is 6.61. The van der Waals surface area contributed by atoms with Gasteiger partial charge in [-0.2, -0.15) is 0 Å². The molecule has 2 rings (SSSR count). The Morgan fingerprint density at radius 2 is 2.29 bits per heavy atom. The Hall–Kier alpha value is -0.540. The molecule has 0 aliphatic heterocycles. The minimum Gasteiger partial charge on any atom is -0.204 e. The summed E-state index contributed by atoms with van der Waals surface area (Å²) in [6, 6.07) is 4.08. The second-order valence-corrected chi connectivity index (χ2v) is 4.81. The zero-order valence-corrected chi connectivity index (χ0v) is 9.77. The van der Waals surface area contributed by atoms with Crippen molar-refractivity contribution in [2.24, 2.45) is 0 Å². The van der Waals surface area contributed by atoms with Crippen LogP contribution in [-0.2, 0) is 6.42 Å². The van der Waals surface area contributed by atoms with Gasteiger partial charge in [-0.3, -0.25) is 0 Å². The van der Waals surface area contributed by atoms with E-state index in [-0.39, 0.29) is 5.82 Å². The van der Waals surface area contributed by atoms with Crippen molar-refractivity contribution < 1.29 is 4.39 Å². The van der Waals surface area contributed by atoms with Gasteiger partial charge in [0.25, 0.3) is 0 Å². The maximum atomic E-state index is 13.9. The van der Waals surface area contributed by atoms with Crippen LogP contribution < -0.4 is 0 Å². The summed E-state index contributed by atoms with van der Waals surface area (Å²) in [6.07, 6.45) is 2.82. The average molecular weight is 226 g/mol. The summed E-state index contributed by atoms with van der Waals surface area (Å²) in [7, 11) is 0. The van der Waals surface area contributed by atoms with E-state index in [0.717, 1.165) is 27.0 Å². The molecule has 0 saturated heterocycles. The van der Waals surface area contributed by atoms with Gasteiger partial charge < -0.3 is 0 Å². The minimum absolute atomic E-state index is 0.0400. The van der Waals surface area contributed by atoms with E-state index in [4.69, 9.17) is 0 Å². The molecule has 0 fully saturated rings. The molecule has 0 atom stereocenters. The molecule has 74 valence electrons. The maximum Gasteiger partial charge on any atom is 0.154 e. The monoisotopic (exact) mass is 226 g/mol. The van der Waals surface area contributed by atoms with Crippen LogP contribution in [0.25, 0.3) is 10.1 Å². The summed E-state index contributed by atoms with van der Waals surface area (Å²) in [5, 5.41) is 2.97. The number of aryl methyl sites for hydroxylation is 1. The molecule has 0 nitrogen and oxygen atoms in total. The van der Waals surface area contributed by atoms with E-state index in [1.54, 1.807) is 0 Å². The molecule has 0 N–H and O–H groups in total. The molecular formula is C11H11FS2. The van der Waals surface area contributed by atoms with Gasteiger partial charge >= 0.3 is 0 Å². The fraction of sp³-hybridized carbons (Fsp3) is 0.273. The number of fused-ring (bicyclic) bond motifs is 1.